The highest BCUT2D eigenvalue weighted by Gasteiger charge is 2.21. The maximum absolute atomic E-state index is 12.1. The lowest BCUT2D eigenvalue weighted by molar-refractivity contribution is -0.145. The van der Waals surface area contributed by atoms with Crippen LogP contribution in [0.5, 0.6) is 0 Å². The number of hydrazone groups is 1. The van der Waals surface area contributed by atoms with Crippen LogP contribution in [0, 0.1) is 5.92 Å². The van der Waals surface area contributed by atoms with E-state index in [0.717, 1.165) is 0 Å². The summed E-state index contributed by atoms with van der Waals surface area (Å²) in [5.74, 6) is -1.32. The summed E-state index contributed by atoms with van der Waals surface area (Å²) in [6, 6.07) is 6.47. The molecule has 0 saturated heterocycles. The molecule has 1 rings (SSSR count). The fourth-order valence-electron chi connectivity index (χ4n) is 2.11. The SMILES string of the molecule is CCOC(=O)[C@H](CC)/C(C)=N/NC(=O)c1ccc(NC(=O)CC)cc1. The molecular formula is C18H25N3O4. The Balaban J connectivity index is 2.71. The molecule has 0 aliphatic heterocycles. The Bertz CT molecular complexity index is 638. The number of amides is 2. The first-order valence-electron chi connectivity index (χ1n) is 8.33. The van der Waals surface area contributed by atoms with Crippen molar-refractivity contribution in [2.24, 2.45) is 11.0 Å². The maximum Gasteiger partial charge on any atom is 0.314 e. The summed E-state index contributed by atoms with van der Waals surface area (Å²) in [5.41, 5.74) is 3.94. The minimum atomic E-state index is -0.480. The van der Waals surface area contributed by atoms with Gasteiger partial charge < -0.3 is 10.1 Å². The van der Waals surface area contributed by atoms with E-state index in [9.17, 15) is 14.4 Å². The Morgan fingerprint density at radius 1 is 1.12 bits per heavy atom. The monoisotopic (exact) mass is 347 g/mol. The van der Waals surface area contributed by atoms with Gasteiger partial charge in [0.1, 0.15) is 0 Å². The standard InChI is InChI=1S/C18H25N3O4/c1-5-15(18(24)25-7-3)12(4)20-21-17(23)13-8-10-14(11-9-13)19-16(22)6-2/h8-11,15H,5-7H2,1-4H3,(H,19,22)(H,21,23)/b20-12+/t15-/m1/s1. The highest BCUT2D eigenvalue weighted by atomic mass is 16.5. The van der Waals surface area contributed by atoms with E-state index in [1.54, 1.807) is 45.0 Å². The number of carbonyl (C=O) groups excluding carboxylic acids is 3. The third-order valence-corrected chi connectivity index (χ3v) is 3.57. The maximum atomic E-state index is 12.1. The number of nitrogens with one attached hydrogen (secondary N) is 2. The second kappa shape index (κ2) is 10.2. The molecule has 0 radical (unpaired) electrons. The Hall–Kier alpha value is -2.70. The van der Waals surface area contributed by atoms with Crippen molar-refractivity contribution in [1.82, 2.24) is 5.43 Å². The van der Waals surface area contributed by atoms with Crippen LogP contribution >= 0.6 is 0 Å². The first-order valence-corrected chi connectivity index (χ1v) is 8.33. The zero-order valence-corrected chi connectivity index (χ0v) is 15.1. The lowest BCUT2D eigenvalue weighted by atomic mass is 10.0. The quantitative estimate of drug-likeness (QED) is 0.429. The van der Waals surface area contributed by atoms with Crippen molar-refractivity contribution in [2.45, 2.75) is 40.5 Å². The van der Waals surface area contributed by atoms with Crippen LogP contribution in [0.25, 0.3) is 0 Å². The number of esters is 1. The van der Waals surface area contributed by atoms with Gasteiger partial charge in [0.2, 0.25) is 5.91 Å². The van der Waals surface area contributed by atoms with Crippen LogP contribution in [-0.2, 0) is 14.3 Å². The second-order valence-electron chi connectivity index (χ2n) is 5.39. The molecular weight excluding hydrogens is 322 g/mol. The van der Waals surface area contributed by atoms with E-state index in [0.29, 0.717) is 36.4 Å². The zero-order valence-electron chi connectivity index (χ0n) is 15.1. The van der Waals surface area contributed by atoms with Crippen LogP contribution in [0.2, 0.25) is 0 Å². The van der Waals surface area contributed by atoms with E-state index in [1.807, 2.05) is 6.92 Å². The number of hydrogen-bond acceptors (Lipinski definition) is 5. The first kappa shape index (κ1) is 20.3. The van der Waals surface area contributed by atoms with Crippen LogP contribution in [0.4, 0.5) is 5.69 Å². The second-order valence-corrected chi connectivity index (χ2v) is 5.39. The van der Waals surface area contributed by atoms with Gasteiger partial charge in [-0.2, -0.15) is 5.10 Å². The molecule has 1 atom stereocenters. The van der Waals surface area contributed by atoms with E-state index >= 15 is 0 Å². The molecule has 0 saturated carbocycles. The number of anilines is 1. The first-order chi connectivity index (χ1) is 11.9. The summed E-state index contributed by atoms with van der Waals surface area (Å²) >= 11 is 0. The molecule has 2 N–H and O–H groups in total. The summed E-state index contributed by atoms with van der Waals surface area (Å²) < 4.78 is 4.99. The number of rotatable bonds is 8. The summed E-state index contributed by atoms with van der Waals surface area (Å²) in [6.45, 7) is 7.33. The van der Waals surface area contributed by atoms with Crippen LogP contribution < -0.4 is 10.7 Å². The summed E-state index contributed by atoms with van der Waals surface area (Å²) in [4.78, 5) is 35.3. The van der Waals surface area contributed by atoms with Gasteiger partial charge in [0.05, 0.1) is 12.5 Å². The van der Waals surface area contributed by atoms with Gasteiger partial charge in [-0.25, -0.2) is 5.43 Å². The molecule has 7 heteroatoms. The summed E-state index contributed by atoms with van der Waals surface area (Å²) in [5, 5.41) is 6.71. The molecule has 0 bridgehead atoms. The van der Waals surface area contributed by atoms with Crippen molar-refractivity contribution >= 4 is 29.2 Å². The van der Waals surface area contributed by atoms with E-state index in [4.69, 9.17) is 4.74 Å². The fraction of sp³-hybridized carbons (Fsp3) is 0.444. The third-order valence-electron chi connectivity index (χ3n) is 3.57. The molecule has 1 aromatic carbocycles. The van der Waals surface area contributed by atoms with E-state index in [-0.39, 0.29) is 11.9 Å². The lowest BCUT2D eigenvalue weighted by Gasteiger charge is -2.13. The van der Waals surface area contributed by atoms with Crippen LogP contribution in [0.15, 0.2) is 29.4 Å². The molecule has 0 aromatic heterocycles. The molecule has 1 aromatic rings. The Morgan fingerprint density at radius 2 is 1.76 bits per heavy atom. The minimum absolute atomic E-state index is 0.0954. The lowest BCUT2D eigenvalue weighted by Crippen LogP contribution is -2.27. The van der Waals surface area contributed by atoms with Crippen LogP contribution in [0.1, 0.15) is 50.9 Å². The highest BCUT2D eigenvalue weighted by molar-refractivity contribution is 6.02. The average Bonchev–Trinajstić information content (AvgIpc) is 2.61. The third kappa shape index (κ3) is 6.37. The number of hydrogen-bond donors (Lipinski definition) is 2. The normalized spacial score (nSPS) is 12.2. The molecule has 25 heavy (non-hydrogen) atoms. The van der Waals surface area contributed by atoms with E-state index in [1.165, 1.54) is 0 Å². The zero-order chi connectivity index (χ0) is 18.8. The van der Waals surface area contributed by atoms with Gasteiger partial charge in [0.15, 0.2) is 0 Å². The van der Waals surface area contributed by atoms with Crippen molar-refractivity contribution in [1.29, 1.82) is 0 Å². The van der Waals surface area contributed by atoms with E-state index < -0.39 is 11.8 Å². The van der Waals surface area contributed by atoms with Crippen molar-refractivity contribution in [3.63, 3.8) is 0 Å². The van der Waals surface area contributed by atoms with Gasteiger partial charge in [0, 0.05) is 23.4 Å². The van der Waals surface area contributed by atoms with Crippen molar-refractivity contribution in [3.8, 4) is 0 Å². The summed E-state index contributed by atoms with van der Waals surface area (Å²) in [6.07, 6.45) is 0.922. The predicted octanol–water partition coefficient (Wildman–Crippen LogP) is 2.73. The Labute approximate surface area is 147 Å². The number of nitrogens with zero attached hydrogens (tertiary/aromatic N) is 1. The molecule has 0 fully saturated rings. The predicted molar refractivity (Wildman–Crippen MR) is 96.4 cm³/mol. The minimum Gasteiger partial charge on any atom is -0.465 e. The number of carbonyl (C=O) groups is 3. The molecule has 0 aliphatic rings. The van der Waals surface area contributed by atoms with Gasteiger partial charge in [0.25, 0.3) is 5.91 Å². The fourth-order valence-corrected chi connectivity index (χ4v) is 2.11. The van der Waals surface area contributed by atoms with Gasteiger partial charge in [-0.1, -0.05) is 13.8 Å². The van der Waals surface area contributed by atoms with Gasteiger partial charge in [-0.3, -0.25) is 14.4 Å². The molecule has 0 unspecified atom stereocenters. The number of ether oxygens (including phenoxy) is 1. The van der Waals surface area contributed by atoms with Crippen LogP contribution in [0.3, 0.4) is 0 Å². The largest absolute Gasteiger partial charge is 0.465 e. The average molecular weight is 347 g/mol. The molecule has 0 spiro atoms. The molecule has 136 valence electrons. The van der Waals surface area contributed by atoms with Gasteiger partial charge >= 0.3 is 5.97 Å². The topological polar surface area (TPSA) is 96.9 Å². The summed E-state index contributed by atoms with van der Waals surface area (Å²) in [7, 11) is 0. The molecule has 0 heterocycles. The van der Waals surface area contributed by atoms with E-state index in [2.05, 4.69) is 15.8 Å². The Morgan fingerprint density at radius 3 is 2.28 bits per heavy atom. The molecule has 2 amide bonds. The molecule has 7 nitrogen and oxygen atoms in total. The van der Waals surface area contributed by atoms with Gasteiger partial charge in [-0.05, 0) is 44.5 Å². The van der Waals surface area contributed by atoms with Crippen molar-refractivity contribution in [3.05, 3.63) is 29.8 Å². The van der Waals surface area contributed by atoms with Crippen molar-refractivity contribution in [2.75, 3.05) is 11.9 Å². The molecule has 0 aliphatic carbocycles. The van der Waals surface area contributed by atoms with Crippen LogP contribution in [-0.4, -0.2) is 30.1 Å². The van der Waals surface area contributed by atoms with Crippen molar-refractivity contribution < 1.29 is 19.1 Å². The Kier molecular flexibility index (Phi) is 8.32. The number of benzene rings is 1. The van der Waals surface area contributed by atoms with Gasteiger partial charge in [-0.15, -0.1) is 0 Å². The highest BCUT2D eigenvalue weighted by Crippen LogP contribution is 2.11. The smallest absolute Gasteiger partial charge is 0.314 e.